The summed E-state index contributed by atoms with van der Waals surface area (Å²) in [6.07, 6.45) is 0. The van der Waals surface area contributed by atoms with Gasteiger partial charge in [-0.3, -0.25) is 0 Å². The summed E-state index contributed by atoms with van der Waals surface area (Å²) in [6.45, 7) is -0.0193. The molecule has 5 heteroatoms. The molecule has 98 valence electrons. The molecule has 0 spiro atoms. The molecule has 0 aliphatic carbocycles. The first-order valence-corrected chi connectivity index (χ1v) is 6.25. The molecular weight excluding hydrogens is 315 g/mol. The Labute approximate surface area is 117 Å². The second-order valence-corrected chi connectivity index (χ2v) is 4.77. The normalized spacial score (nSPS) is 10.2. The number of hydrogen-bond donors (Lipinski definition) is 1. The lowest BCUT2D eigenvalue weighted by Gasteiger charge is -2.08. The Bertz CT molecular complexity index is 596. The molecule has 3 nitrogen and oxygen atoms in total. The van der Waals surface area contributed by atoms with Crippen LogP contribution >= 0.6 is 15.9 Å². The molecule has 2 aromatic rings. The molecule has 0 saturated carbocycles. The highest BCUT2D eigenvalue weighted by Crippen LogP contribution is 2.18. The zero-order chi connectivity index (χ0) is 13.8. The van der Waals surface area contributed by atoms with E-state index < -0.39 is 11.8 Å². The van der Waals surface area contributed by atoms with Gasteiger partial charge in [-0.25, -0.2) is 9.18 Å². The van der Waals surface area contributed by atoms with Crippen molar-refractivity contribution in [3.05, 3.63) is 63.9 Å². The number of carbonyl (C=O) groups is 1. The monoisotopic (exact) mass is 324 g/mol. The van der Waals surface area contributed by atoms with Crippen molar-refractivity contribution in [2.75, 3.05) is 0 Å². The molecule has 0 unspecified atom stereocenters. The molecule has 0 aliphatic rings. The average molecular weight is 325 g/mol. The largest absolute Gasteiger partial charge is 0.489 e. The maximum absolute atomic E-state index is 13.5. The minimum Gasteiger partial charge on any atom is -0.489 e. The molecular formula is C14H10BrFO3. The number of halogens is 2. The fraction of sp³-hybridized carbons (Fsp3) is 0.0714. The van der Waals surface area contributed by atoms with Crippen molar-refractivity contribution < 1.29 is 19.0 Å². The summed E-state index contributed by atoms with van der Waals surface area (Å²) in [5, 5.41) is 8.85. The molecule has 0 atom stereocenters. The fourth-order valence-electron chi connectivity index (χ4n) is 1.51. The quantitative estimate of drug-likeness (QED) is 0.928. The minimum absolute atomic E-state index is 0.0193. The van der Waals surface area contributed by atoms with E-state index >= 15 is 0 Å². The number of carboxylic acids is 1. The van der Waals surface area contributed by atoms with Gasteiger partial charge in [-0.2, -0.15) is 0 Å². The molecule has 2 rings (SSSR count). The molecule has 0 aliphatic heterocycles. The maximum atomic E-state index is 13.5. The van der Waals surface area contributed by atoms with E-state index in [1.54, 1.807) is 24.3 Å². The third-order valence-electron chi connectivity index (χ3n) is 2.50. The van der Waals surface area contributed by atoms with Crippen molar-refractivity contribution >= 4 is 21.9 Å². The Morgan fingerprint density at radius 1 is 1.21 bits per heavy atom. The third-order valence-corrected chi connectivity index (χ3v) is 3.03. The maximum Gasteiger partial charge on any atom is 0.335 e. The van der Waals surface area contributed by atoms with Gasteiger partial charge in [0.05, 0.1) is 5.56 Å². The van der Waals surface area contributed by atoms with E-state index in [1.807, 2.05) is 0 Å². The molecule has 2 aromatic carbocycles. The average Bonchev–Trinajstić information content (AvgIpc) is 2.39. The standard InChI is InChI=1S/C14H10BrFO3/c15-11-2-4-12(5-3-11)19-8-10-7-9(14(17)18)1-6-13(10)16/h1-7H,8H2,(H,17,18). The highest BCUT2D eigenvalue weighted by Gasteiger charge is 2.09. The zero-order valence-corrected chi connectivity index (χ0v) is 11.4. The Kier molecular flexibility index (Phi) is 4.16. The molecule has 0 aromatic heterocycles. The number of benzene rings is 2. The lowest BCUT2D eigenvalue weighted by molar-refractivity contribution is 0.0696. The van der Waals surface area contributed by atoms with Crippen LogP contribution in [0.2, 0.25) is 0 Å². The lowest BCUT2D eigenvalue weighted by atomic mass is 10.1. The molecule has 0 saturated heterocycles. The van der Waals surface area contributed by atoms with E-state index in [4.69, 9.17) is 9.84 Å². The van der Waals surface area contributed by atoms with Crippen LogP contribution in [0.25, 0.3) is 0 Å². The first-order chi connectivity index (χ1) is 9.06. The van der Waals surface area contributed by atoms with Crippen LogP contribution in [0, 0.1) is 5.82 Å². The van der Waals surface area contributed by atoms with Crippen molar-refractivity contribution in [1.29, 1.82) is 0 Å². The number of ether oxygens (including phenoxy) is 1. The van der Waals surface area contributed by atoms with E-state index in [0.29, 0.717) is 5.75 Å². The van der Waals surface area contributed by atoms with Crippen LogP contribution in [-0.2, 0) is 6.61 Å². The molecule has 0 bridgehead atoms. The number of rotatable bonds is 4. The Hall–Kier alpha value is -1.88. The lowest BCUT2D eigenvalue weighted by Crippen LogP contribution is -2.03. The van der Waals surface area contributed by atoms with Crippen LogP contribution in [0.5, 0.6) is 5.75 Å². The van der Waals surface area contributed by atoms with Gasteiger partial charge in [0.2, 0.25) is 0 Å². The van der Waals surface area contributed by atoms with Gasteiger partial charge in [-0.1, -0.05) is 15.9 Å². The van der Waals surface area contributed by atoms with Crippen molar-refractivity contribution in [2.45, 2.75) is 6.61 Å². The van der Waals surface area contributed by atoms with E-state index in [2.05, 4.69) is 15.9 Å². The van der Waals surface area contributed by atoms with Crippen LogP contribution in [0.4, 0.5) is 4.39 Å². The number of aromatic carboxylic acids is 1. The van der Waals surface area contributed by atoms with E-state index in [-0.39, 0.29) is 17.7 Å². The van der Waals surface area contributed by atoms with E-state index in [1.165, 1.54) is 12.1 Å². The van der Waals surface area contributed by atoms with Crippen LogP contribution in [-0.4, -0.2) is 11.1 Å². The predicted octanol–water partition coefficient (Wildman–Crippen LogP) is 3.87. The molecule has 0 amide bonds. The molecule has 1 N–H and O–H groups in total. The highest BCUT2D eigenvalue weighted by molar-refractivity contribution is 9.10. The van der Waals surface area contributed by atoms with Crippen molar-refractivity contribution in [2.24, 2.45) is 0 Å². The van der Waals surface area contributed by atoms with Gasteiger partial charge in [0.1, 0.15) is 18.2 Å². The summed E-state index contributed by atoms with van der Waals surface area (Å²) >= 11 is 3.30. The molecule has 0 radical (unpaired) electrons. The van der Waals surface area contributed by atoms with Crippen molar-refractivity contribution in [1.82, 2.24) is 0 Å². The van der Waals surface area contributed by atoms with Crippen LogP contribution in [0.15, 0.2) is 46.9 Å². The van der Waals surface area contributed by atoms with Gasteiger partial charge in [-0.05, 0) is 42.5 Å². The second kappa shape index (κ2) is 5.84. The summed E-state index contributed by atoms with van der Waals surface area (Å²) in [5.74, 6) is -0.990. The van der Waals surface area contributed by atoms with Crippen molar-refractivity contribution in [3.63, 3.8) is 0 Å². The molecule has 0 fully saturated rings. The summed E-state index contributed by atoms with van der Waals surface area (Å²) in [6, 6.07) is 10.7. The fourth-order valence-corrected chi connectivity index (χ4v) is 1.77. The van der Waals surface area contributed by atoms with Crippen LogP contribution in [0.3, 0.4) is 0 Å². The van der Waals surface area contributed by atoms with E-state index in [0.717, 1.165) is 10.5 Å². The predicted molar refractivity (Wildman–Crippen MR) is 71.8 cm³/mol. The molecule has 0 heterocycles. The van der Waals surface area contributed by atoms with Gasteiger partial charge >= 0.3 is 5.97 Å². The highest BCUT2D eigenvalue weighted by atomic mass is 79.9. The van der Waals surface area contributed by atoms with Crippen LogP contribution in [0.1, 0.15) is 15.9 Å². The first-order valence-electron chi connectivity index (χ1n) is 5.46. The minimum atomic E-state index is -1.09. The van der Waals surface area contributed by atoms with Gasteiger partial charge in [0, 0.05) is 10.0 Å². The van der Waals surface area contributed by atoms with Crippen LogP contribution < -0.4 is 4.74 Å². The van der Waals surface area contributed by atoms with Gasteiger partial charge in [0.15, 0.2) is 0 Å². The number of carboxylic acid groups (broad SMARTS) is 1. The smallest absolute Gasteiger partial charge is 0.335 e. The number of hydrogen-bond acceptors (Lipinski definition) is 2. The Balaban J connectivity index is 2.12. The van der Waals surface area contributed by atoms with E-state index in [9.17, 15) is 9.18 Å². The SMILES string of the molecule is O=C(O)c1ccc(F)c(COc2ccc(Br)cc2)c1. The summed E-state index contributed by atoms with van der Waals surface area (Å²) < 4.78 is 19.8. The van der Waals surface area contributed by atoms with Gasteiger partial charge in [-0.15, -0.1) is 0 Å². The topological polar surface area (TPSA) is 46.5 Å². The van der Waals surface area contributed by atoms with Gasteiger partial charge < -0.3 is 9.84 Å². The first kappa shape index (κ1) is 13.5. The van der Waals surface area contributed by atoms with Crippen molar-refractivity contribution in [3.8, 4) is 5.75 Å². The summed E-state index contributed by atoms with van der Waals surface area (Å²) in [7, 11) is 0. The summed E-state index contributed by atoms with van der Waals surface area (Å²) in [4.78, 5) is 10.8. The third kappa shape index (κ3) is 3.54. The molecule has 19 heavy (non-hydrogen) atoms. The van der Waals surface area contributed by atoms with Gasteiger partial charge in [0.25, 0.3) is 0 Å². The Morgan fingerprint density at radius 3 is 2.53 bits per heavy atom. The Morgan fingerprint density at radius 2 is 1.89 bits per heavy atom. The second-order valence-electron chi connectivity index (χ2n) is 3.85. The summed E-state index contributed by atoms with van der Waals surface area (Å²) in [5.41, 5.74) is 0.249. The zero-order valence-electron chi connectivity index (χ0n) is 9.77.